The second-order valence-corrected chi connectivity index (χ2v) is 10.0. The van der Waals surface area contributed by atoms with Crippen molar-refractivity contribution in [2.24, 2.45) is 0 Å². The number of rotatable bonds is 7. The van der Waals surface area contributed by atoms with E-state index in [4.69, 9.17) is 4.74 Å². The number of aryl methyl sites for hydroxylation is 1. The molecule has 0 bridgehead atoms. The van der Waals surface area contributed by atoms with E-state index in [9.17, 15) is 9.18 Å². The quantitative estimate of drug-likeness (QED) is 0.577. The lowest BCUT2D eigenvalue weighted by Gasteiger charge is -2.46. The zero-order valence-electron chi connectivity index (χ0n) is 21.6. The second kappa shape index (κ2) is 10.1. The highest BCUT2D eigenvalue weighted by atomic mass is 19.1. The van der Waals surface area contributed by atoms with Crippen molar-refractivity contribution in [3.63, 3.8) is 0 Å². The summed E-state index contributed by atoms with van der Waals surface area (Å²) < 4.78 is 19.5. The maximum absolute atomic E-state index is 14.4. The van der Waals surface area contributed by atoms with Gasteiger partial charge in [0.15, 0.2) is 17.5 Å². The number of nitrogens with zero attached hydrogens (tertiary/aromatic N) is 6. The van der Waals surface area contributed by atoms with Crippen molar-refractivity contribution in [3.8, 4) is 0 Å². The molecule has 2 N–H and O–H groups in total. The highest BCUT2D eigenvalue weighted by Crippen LogP contribution is 2.42. The lowest BCUT2D eigenvalue weighted by Crippen LogP contribution is -2.61. The Morgan fingerprint density at radius 2 is 2.06 bits per heavy atom. The number of halogens is 1. The fourth-order valence-corrected chi connectivity index (χ4v) is 5.04. The number of nitrogens with one attached hydrogen (secondary N) is 2. The number of hydrogen-bond acceptors (Lipinski definition) is 7. The van der Waals surface area contributed by atoms with Gasteiger partial charge in [-0.15, -0.1) is 0 Å². The number of anilines is 2. The molecule has 2 aromatic heterocycles. The fraction of sp³-hybridized carbons (Fsp3) is 0.667. The molecule has 35 heavy (non-hydrogen) atoms. The van der Waals surface area contributed by atoms with E-state index in [0.717, 1.165) is 43.6 Å². The van der Waals surface area contributed by atoms with Crippen LogP contribution in [0.1, 0.15) is 58.1 Å². The molecule has 1 saturated heterocycles. The van der Waals surface area contributed by atoms with Gasteiger partial charge in [-0.3, -0.25) is 10.00 Å². The predicted molar refractivity (Wildman–Crippen MR) is 131 cm³/mol. The maximum Gasteiger partial charge on any atom is 0.321 e. The number of aromatic nitrogens is 4. The first-order valence-electron chi connectivity index (χ1n) is 12.3. The smallest absolute Gasteiger partial charge is 0.321 e. The summed E-state index contributed by atoms with van der Waals surface area (Å²) in [4.78, 5) is 28.3. The third-order valence-corrected chi connectivity index (χ3v) is 7.20. The first-order chi connectivity index (χ1) is 16.7. The van der Waals surface area contributed by atoms with Crippen molar-refractivity contribution < 1.29 is 13.9 Å². The summed E-state index contributed by atoms with van der Waals surface area (Å²) in [7, 11) is 1.72. The van der Waals surface area contributed by atoms with Crippen LogP contribution in [0.15, 0.2) is 6.20 Å². The molecule has 0 saturated carbocycles. The second-order valence-electron chi connectivity index (χ2n) is 10.0. The maximum atomic E-state index is 14.4. The van der Waals surface area contributed by atoms with Crippen LogP contribution >= 0.6 is 0 Å². The van der Waals surface area contributed by atoms with Crippen LogP contribution in [-0.2, 0) is 23.2 Å². The third kappa shape index (κ3) is 4.84. The van der Waals surface area contributed by atoms with Crippen LogP contribution in [0.25, 0.3) is 0 Å². The topological polar surface area (TPSA) is 103 Å². The van der Waals surface area contributed by atoms with E-state index >= 15 is 0 Å². The predicted octanol–water partition coefficient (Wildman–Crippen LogP) is 3.25. The number of fused-ring (bicyclic) bond motifs is 1. The van der Waals surface area contributed by atoms with Gasteiger partial charge in [0, 0.05) is 57.4 Å². The number of carbonyl (C=O) groups is 1. The molecular formula is C24H37FN8O2. The van der Waals surface area contributed by atoms with Gasteiger partial charge in [0.2, 0.25) is 0 Å². The number of H-pyrrole nitrogens is 1. The molecule has 11 heteroatoms. The van der Waals surface area contributed by atoms with Crippen LogP contribution in [0, 0.1) is 5.82 Å². The average Bonchev–Trinajstić information content (AvgIpc) is 3.34. The van der Waals surface area contributed by atoms with Gasteiger partial charge in [-0.1, -0.05) is 6.92 Å². The van der Waals surface area contributed by atoms with Crippen molar-refractivity contribution in [1.29, 1.82) is 0 Å². The van der Waals surface area contributed by atoms with Crippen molar-refractivity contribution in [2.45, 2.75) is 71.6 Å². The number of ether oxygens (including phenoxy) is 1. The molecule has 0 radical (unpaired) electrons. The number of carbonyl (C=O) groups excluding carboxylic acids is 1. The Morgan fingerprint density at radius 1 is 1.29 bits per heavy atom. The van der Waals surface area contributed by atoms with Crippen molar-refractivity contribution in [3.05, 3.63) is 29.1 Å². The molecule has 0 aliphatic carbocycles. The summed E-state index contributed by atoms with van der Waals surface area (Å²) in [6.07, 6.45) is 2.74. The summed E-state index contributed by atoms with van der Waals surface area (Å²) in [6, 6.07) is 0.361. The highest BCUT2D eigenvalue weighted by Gasteiger charge is 2.46. The summed E-state index contributed by atoms with van der Waals surface area (Å²) >= 11 is 0. The Bertz CT molecular complexity index is 1060. The Morgan fingerprint density at radius 3 is 2.77 bits per heavy atom. The molecule has 2 unspecified atom stereocenters. The Labute approximate surface area is 206 Å². The van der Waals surface area contributed by atoms with Gasteiger partial charge in [-0.05, 0) is 34.1 Å². The van der Waals surface area contributed by atoms with E-state index in [-0.39, 0.29) is 23.9 Å². The van der Waals surface area contributed by atoms with E-state index in [1.807, 2.05) is 30.6 Å². The Hall–Kier alpha value is -2.79. The normalized spacial score (nSPS) is 21.9. The number of hydrogen-bond donors (Lipinski definition) is 2. The lowest BCUT2D eigenvalue weighted by atomic mass is 10.0. The molecule has 192 valence electrons. The van der Waals surface area contributed by atoms with Gasteiger partial charge < -0.3 is 19.9 Å². The van der Waals surface area contributed by atoms with Crippen LogP contribution in [0.3, 0.4) is 0 Å². The summed E-state index contributed by atoms with van der Waals surface area (Å²) in [5.74, 6) is 0.561. The molecule has 10 nitrogen and oxygen atoms in total. The minimum Gasteiger partial charge on any atom is -0.385 e. The van der Waals surface area contributed by atoms with E-state index in [2.05, 4.69) is 44.2 Å². The van der Waals surface area contributed by atoms with Gasteiger partial charge in [-0.25, -0.2) is 19.2 Å². The number of aromatic amines is 1. The zero-order valence-corrected chi connectivity index (χ0v) is 21.6. The molecule has 2 aliphatic rings. The van der Waals surface area contributed by atoms with Crippen LogP contribution in [0.4, 0.5) is 20.8 Å². The minimum absolute atomic E-state index is 0.00271. The molecular weight excluding hydrogens is 451 g/mol. The zero-order chi connectivity index (χ0) is 25.3. The van der Waals surface area contributed by atoms with Gasteiger partial charge in [0.05, 0.1) is 24.0 Å². The summed E-state index contributed by atoms with van der Waals surface area (Å²) in [6.45, 7) is 13.8. The van der Waals surface area contributed by atoms with Gasteiger partial charge in [0.1, 0.15) is 5.82 Å². The SMILES string of the molecule is CCc1ncc(F)c(Nc2n[nH]c3c2CN(C(=O)N2CC(C)N(CCCOC)CC2C)C3(C)C)n1. The van der Waals surface area contributed by atoms with E-state index < -0.39 is 11.4 Å². The first-order valence-corrected chi connectivity index (χ1v) is 12.3. The van der Waals surface area contributed by atoms with Crippen molar-refractivity contribution in [2.75, 3.05) is 38.7 Å². The molecule has 0 aromatic carbocycles. The van der Waals surface area contributed by atoms with Crippen molar-refractivity contribution >= 4 is 17.7 Å². The Balaban J connectivity index is 1.50. The van der Waals surface area contributed by atoms with Crippen LogP contribution in [0.5, 0.6) is 0 Å². The Kier molecular flexibility index (Phi) is 7.27. The van der Waals surface area contributed by atoms with Gasteiger partial charge in [-0.2, -0.15) is 5.10 Å². The van der Waals surface area contributed by atoms with Crippen LogP contribution in [-0.4, -0.2) is 86.3 Å². The monoisotopic (exact) mass is 488 g/mol. The summed E-state index contributed by atoms with van der Waals surface area (Å²) in [5, 5.41) is 10.5. The molecule has 4 rings (SSSR count). The number of piperazine rings is 1. The largest absolute Gasteiger partial charge is 0.385 e. The molecule has 0 spiro atoms. The molecule has 2 aliphatic heterocycles. The van der Waals surface area contributed by atoms with Crippen LogP contribution < -0.4 is 5.32 Å². The number of amides is 2. The van der Waals surface area contributed by atoms with Gasteiger partial charge >= 0.3 is 6.03 Å². The lowest BCUT2D eigenvalue weighted by molar-refractivity contribution is 0.0315. The number of urea groups is 1. The third-order valence-electron chi connectivity index (χ3n) is 7.20. The molecule has 1 fully saturated rings. The van der Waals surface area contributed by atoms with Crippen LogP contribution in [0.2, 0.25) is 0 Å². The highest BCUT2D eigenvalue weighted by molar-refractivity contribution is 5.78. The molecule has 2 atom stereocenters. The average molecular weight is 489 g/mol. The number of methoxy groups -OCH3 is 1. The fourth-order valence-electron chi connectivity index (χ4n) is 5.04. The molecule has 4 heterocycles. The standard InChI is InChI=1S/C24H37FN8O2/c1-7-19-26-11-18(25)22(27-19)28-21-17-14-33(24(4,5)20(17)29-30-21)23(34)32-13-15(2)31(12-16(32)3)9-8-10-35-6/h11,15-16H,7-10,12-14H2,1-6H3,(H2,26,27,28,29,30). The van der Waals surface area contributed by atoms with E-state index in [0.29, 0.717) is 31.2 Å². The van der Waals surface area contributed by atoms with E-state index in [1.54, 1.807) is 7.11 Å². The van der Waals surface area contributed by atoms with Crippen molar-refractivity contribution in [1.82, 2.24) is 34.9 Å². The minimum atomic E-state index is -0.587. The molecule has 2 amide bonds. The summed E-state index contributed by atoms with van der Waals surface area (Å²) in [5.41, 5.74) is 1.10. The first kappa shape index (κ1) is 25.3. The molecule has 2 aromatic rings. The van der Waals surface area contributed by atoms with Gasteiger partial charge in [0.25, 0.3) is 0 Å². The van der Waals surface area contributed by atoms with E-state index in [1.165, 1.54) is 0 Å².